The SMILES string of the molecule is CC[C@H](C)[C@@H]1NC(=O)[C@@H]2[C@@H](CCN2C(=O)[C@H](C(C)C)N2CN(C)[C@@H](C)C2=O)Oc2ccc(OC)c(c2)C=CNC1=O. The number of hydrogen-bond acceptors (Lipinski definition) is 7. The molecule has 0 spiro atoms. The van der Waals surface area contributed by atoms with Crippen LogP contribution < -0.4 is 20.1 Å². The van der Waals surface area contributed by atoms with Gasteiger partial charge in [0.05, 0.1) is 19.8 Å². The number of nitrogens with zero attached hydrogens (tertiary/aromatic N) is 3. The summed E-state index contributed by atoms with van der Waals surface area (Å²) in [6.45, 7) is 10.1. The van der Waals surface area contributed by atoms with Crippen molar-refractivity contribution in [2.24, 2.45) is 11.8 Å². The minimum Gasteiger partial charge on any atom is -0.496 e. The van der Waals surface area contributed by atoms with Crippen molar-refractivity contribution in [3.8, 4) is 11.5 Å². The van der Waals surface area contributed by atoms with Gasteiger partial charge in [0.2, 0.25) is 23.6 Å². The van der Waals surface area contributed by atoms with Gasteiger partial charge in [-0.3, -0.25) is 24.1 Å². The number of nitrogens with one attached hydrogen (secondary N) is 2. The summed E-state index contributed by atoms with van der Waals surface area (Å²) in [4.78, 5) is 59.6. The first-order valence-corrected chi connectivity index (χ1v) is 14.4. The van der Waals surface area contributed by atoms with Crippen molar-refractivity contribution >= 4 is 29.7 Å². The minimum absolute atomic E-state index is 0.113. The largest absolute Gasteiger partial charge is 0.496 e. The summed E-state index contributed by atoms with van der Waals surface area (Å²) >= 11 is 0. The van der Waals surface area contributed by atoms with Gasteiger partial charge in [0.25, 0.3) is 0 Å². The van der Waals surface area contributed by atoms with Crippen LogP contribution >= 0.6 is 0 Å². The van der Waals surface area contributed by atoms with E-state index >= 15 is 0 Å². The Hall–Kier alpha value is -3.60. The zero-order valence-corrected chi connectivity index (χ0v) is 25.0. The molecule has 3 aliphatic rings. The van der Waals surface area contributed by atoms with Gasteiger partial charge in [-0.25, -0.2) is 0 Å². The van der Waals surface area contributed by atoms with E-state index in [4.69, 9.17) is 9.47 Å². The summed E-state index contributed by atoms with van der Waals surface area (Å²) < 4.78 is 11.9. The van der Waals surface area contributed by atoms with Gasteiger partial charge >= 0.3 is 0 Å². The van der Waals surface area contributed by atoms with E-state index in [1.54, 1.807) is 36.3 Å². The zero-order chi connectivity index (χ0) is 30.0. The van der Waals surface area contributed by atoms with Gasteiger partial charge in [-0.2, -0.15) is 0 Å². The first-order chi connectivity index (χ1) is 19.5. The molecular weight excluding hydrogens is 526 g/mol. The lowest BCUT2D eigenvalue weighted by Crippen LogP contribution is -2.60. The predicted octanol–water partition coefficient (Wildman–Crippen LogP) is 1.82. The first-order valence-electron chi connectivity index (χ1n) is 14.4. The number of methoxy groups -OCH3 is 1. The predicted molar refractivity (Wildman–Crippen MR) is 154 cm³/mol. The third-order valence-electron chi connectivity index (χ3n) is 8.56. The summed E-state index contributed by atoms with van der Waals surface area (Å²) in [6.07, 6.45) is 3.66. The summed E-state index contributed by atoms with van der Waals surface area (Å²) in [5, 5.41) is 5.71. The number of rotatable bonds is 6. The fourth-order valence-corrected chi connectivity index (χ4v) is 5.81. The molecule has 0 aromatic heterocycles. The molecule has 41 heavy (non-hydrogen) atoms. The average Bonchev–Trinajstić information content (AvgIpc) is 3.47. The highest BCUT2D eigenvalue weighted by atomic mass is 16.5. The standard InChI is InChI=1S/C30H43N5O6/c1-8-18(4)24-27(36)31-13-11-20-15-21(9-10-22(20)40-7)41-23-12-14-34(26(23)28(37)32-24)30(39)25(17(2)3)35-16-33(6)19(5)29(35)38/h9-11,13,15,17-19,23-26H,8,12,14,16H2,1-7H3,(H,31,36)(H,32,37)/t18-,19-,23+,24-,25-,26-/m0/s1. The maximum Gasteiger partial charge on any atom is 0.247 e. The Morgan fingerprint density at radius 3 is 2.51 bits per heavy atom. The van der Waals surface area contributed by atoms with Crippen molar-refractivity contribution in [3.05, 3.63) is 30.0 Å². The molecule has 2 N–H and O–H groups in total. The minimum atomic E-state index is -0.991. The molecule has 2 fully saturated rings. The van der Waals surface area contributed by atoms with Gasteiger partial charge in [-0.15, -0.1) is 0 Å². The van der Waals surface area contributed by atoms with E-state index < -0.39 is 30.1 Å². The van der Waals surface area contributed by atoms with Gasteiger partial charge < -0.3 is 29.9 Å². The van der Waals surface area contributed by atoms with E-state index in [0.717, 1.165) is 0 Å². The van der Waals surface area contributed by atoms with Crippen molar-refractivity contribution in [2.45, 2.75) is 77.7 Å². The summed E-state index contributed by atoms with van der Waals surface area (Å²) in [5.74, 6) is -0.467. The maximum atomic E-state index is 14.2. The number of ether oxygens (including phenoxy) is 2. The molecular formula is C30H43N5O6. The number of carbonyl (C=O) groups is 4. The van der Waals surface area contributed by atoms with Gasteiger partial charge in [0, 0.05) is 24.7 Å². The van der Waals surface area contributed by atoms with Crippen molar-refractivity contribution in [2.75, 3.05) is 27.4 Å². The lowest BCUT2D eigenvalue weighted by molar-refractivity contribution is -0.150. The van der Waals surface area contributed by atoms with Crippen LogP contribution in [0.1, 0.15) is 53.0 Å². The first kappa shape index (κ1) is 30.4. The number of amides is 4. The fourth-order valence-electron chi connectivity index (χ4n) is 5.81. The van der Waals surface area contributed by atoms with E-state index in [9.17, 15) is 19.2 Å². The maximum absolute atomic E-state index is 14.2. The number of likely N-dealkylation sites (N-methyl/N-ethyl adjacent to an activating group) is 1. The Morgan fingerprint density at radius 2 is 1.90 bits per heavy atom. The fraction of sp³-hybridized carbons (Fsp3) is 0.600. The molecule has 1 aromatic carbocycles. The van der Waals surface area contributed by atoms with E-state index in [1.165, 1.54) is 11.1 Å². The van der Waals surface area contributed by atoms with Crippen molar-refractivity contribution in [1.82, 2.24) is 25.3 Å². The zero-order valence-electron chi connectivity index (χ0n) is 25.0. The second-order valence-electron chi connectivity index (χ2n) is 11.6. The molecule has 0 aliphatic carbocycles. The van der Waals surface area contributed by atoms with Gasteiger partial charge in [-0.1, -0.05) is 34.1 Å². The average molecular weight is 570 g/mol. The van der Waals surface area contributed by atoms with Crippen LogP contribution in [0.2, 0.25) is 0 Å². The van der Waals surface area contributed by atoms with Gasteiger partial charge in [0.1, 0.15) is 35.7 Å². The molecule has 6 atom stereocenters. The smallest absolute Gasteiger partial charge is 0.247 e. The Kier molecular flexibility index (Phi) is 9.26. The highest BCUT2D eigenvalue weighted by Gasteiger charge is 2.49. The third-order valence-corrected chi connectivity index (χ3v) is 8.56. The van der Waals surface area contributed by atoms with E-state index in [2.05, 4.69) is 10.6 Å². The molecule has 0 radical (unpaired) electrons. The van der Waals surface area contributed by atoms with Crippen LogP contribution in [0.5, 0.6) is 11.5 Å². The normalized spacial score (nSPS) is 26.8. The molecule has 2 saturated heterocycles. The van der Waals surface area contributed by atoms with Crippen LogP contribution in [0.25, 0.3) is 6.08 Å². The quantitative estimate of drug-likeness (QED) is 0.536. The third kappa shape index (κ3) is 6.05. The molecule has 2 bridgehead atoms. The van der Waals surface area contributed by atoms with Crippen LogP contribution in [0.4, 0.5) is 0 Å². The Labute approximate surface area is 242 Å². The topological polar surface area (TPSA) is 121 Å². The second-order valence-corrected chi connectivity index (χ2v) is 11.6. The molecule has 11 nitrogen and oxygen atoms in total. The van der Waals surface area contributed by atoms with Crippen molar-refractivity contribution < 1.29 is 28.7 Å². The molecule has 3 heterocycles. The lowest BCUT2D eigenvalue weighted by Gasteiger charge is -2.36. The van der Waals surface area contributed by atoms with E-state index in [1.807, 2.05) is 46.6 Å². The highest BCUT2D eigenvalue weighted by Crippen LogP contribution is 2.31. The van der Waals surface area contributed by atoms with Crippen molar-refractivity contribution in [1.29, 1.82) is 0 Å². The van der Waals surface area contributed by atoms with E-state index in [-0.39, 0.29) is 42.1 Å². The Balaban J connectivity index is 1.73. The van der Waals surface area contributed by atoms with Gasteiger partial charge in [0.15, 0.2) is 0 Å². The Morgan fingerprint density at radius 1 is 1.17 bits per heavy atom. The molecule has 4 rings (SSSR count). The molecule has 11 heteroatoms. The van der Waals surface area contributed by atoms with Crippen LogP contribution in [0, 0.1) is 11.8 Å². The van der Waals surface area contributed by atoms with Crippen molar-refractivity contribution in [3.63, 3.8) is 0 Å². The number of fused-ring (bicyclic) bond motifs is 3. The highest BCUT2D eigenvalue weighted by molar-refractivity contribution is 5.96. The number of hydrogen-bond donors (Lipinski definition) is 2. The van der Waals surface area contributed by atoms with Crippen LogP contribution in [0.3, 0.4) is 0 Å². The van der Waals surface area contributed by atoms with Gasteiger partial charge in [-0.05, 0) is 50.1 Å². The molecule has 3 aliphatic heterocycles. The summed E-state index contributed by atoms with van der Waals surface area (Å²) in [7, 11) is 3.41. The molecule has 4 amide bonds. The molecule has 224 valence electrons. The molecule has 0 saturated carbocycles. The second kappa shape index (κ2) is 12.5. The van der Waals surface area contributed by atoms with Crippen LogP contribution in [0.15, 0.2) is 24.4 Å². The number of carbonyl (C=O) groups excluding carboxylic acids is 4. The number of likely N-dealkylation sites (tertiary alicyclic amines) is 1. The van der Waals surface area contributed by atoms with E-state index in [0.29, 0.717) is 36.6 Å². The summed E-state index contributed by atoms with van der Waals surface area (Å²) in [5.41, 5.74) is 0.692. The lowest BCUT2D eigenvalue weighted by atomic mass is 9.97. The van der Waals surface area contributed by atoms with Crippen LogP contribution in [-0.4, -0.2) is 96.0 Å². The molecule has 1 aromatic rings. The molecule has 0 unspecified atom stereocenters. The van der Waals surface area contributed by atoms with Crippen LogP contribution in [-0.2, 0) is 19.2 Å². The Bertz CT molecular complexity index is 1200. The summed E-state index contributed by atoms with van der Waals surface area (Å²) in [6, 6.07) is 2.41. The monoisotopic (exact) mass is 569 g/mol. The number of benzene rings is 1.